The van der Waals surface area contributed by atoms with Gasteiger partial charge in [0.05, 0.1) is 32.4 Å². The van der Waals surface area contributed by atoms with E-state index in [-0.39, 0.29) is 11.5 Å². The predicted molar refractivity (Wildman–Crippen MR) is 113 cm³/mol. The van der Waals surface area contributed by atoms with E-state index in [1.54, 1.807) is 43.5 Å². The second kappa shape index (κ2) is 9.90. The first-order valence-corrected chi connectivity index (χ1v) is 10.6. The molecule has 31 heavy (non-hydrogen) atoms. The molecule has 0 saturated heterocycles. The van der Waals surface area contributed by atoms with Gasteiger partial charge in [0.15, 0.2) is 11.5 Å². The van der Waals surface area contributed by atoms with Crippen molar-refractivity contribution in [1.29, 1.82) is 0 Å². The number of nitrogens with zero attached hydrogens (tertiary/aromatic N) is 1. The first kappa shape index (κ1) is 22.0. The quantitative estimate of drug-likeness (QED) is 0.376. The van der Waals surface area contributed by atoms with Crippen LogP contribution in [-0.2, 0) is 16.6 Å². The molecule has 0 amide bonds. The fourth-order valence-corrected chi connectivity index (χ4v) is 3.37. The number of rotatable bonds is 10. The topological polar surface area (TPSA) is 109 Å². The van der Waals surface area contributed by atoms with Gasteiger partial charge in [0, 0.05) is 6.07 Å². The minimum atomic E-state index is -3.89. The van der Waals surface area contributed by atoms with E-state index < -0.39 is 10.0 Å². The smallest absolute Gasteiger partial charge is 0.276 e. The maximum absolute atomic E-state index is 12.4. The Bertz CT molecular complexity index is 1140. The lowest BCUT2D eigenvalue weighted by Crippen LogP contribution is -2.18. The van der Waals surface area contributed by atoms with Crippen molar-refractivity contribution >= 4 is 16.2 Å². The van der Waals surface area contributed by atoms with Crippen LogP contribution in [0.2, 0.25) is 0 Å². The van der Waals surface area contributed by atoms with Gasteiger partial charge in [-0.3, -0.25) is 0 Å². The Morgan fingerprint density at radius 3 is 2.29 bits per heavy atom. The van der Waals surface area contributed by atoms with Crippen molar-refractivity contribution in [3.63, 3.8) is 0 Å². The fourth-order valence-electron chi connectivity index (χ4n) is 2.56. The van der Waals surface area contributed by atoms with Crippen LogP contribution >= 0.6 is 0 Å². The van der Waals surface area contributed by atoms with E-state index >= 15 is 0 Å². The van der Waals surface area contributed by atoms with E-state index in [2.05, 4.69) is 9.93 Å². The molecule has 1 N–H and O–H groups in total. The highest BCUT2D eigenvalue weighted by Gasteiger charge is 2.16. The third-order valence-electron chi connectivity index (χ3n) is 4.15. The molecule has 1 heterocycles. The highest BCUT2D eigenvalue weighted by Crippen LogP contribution is 2.29. The molecule has 1 aromatic heterocycles. The Balaban J connectivity index is 1.59. The molecule has 164 valence electrons. The van der Waals surface area contributed by atoms with Crippen molar-refractivity contribution in [2.75, 3.05) is 21.3 Å². The zero-order chi connectivity index (χ0) is 22.3. The van der Waals surface area contributed by atoms with Crippen molar-refractivity contribution in [1.82, 2.24) is 4.83 Å². The van der Waals surface area contributed by atoms with Gasteiger partial charge >= 0.3 is 0 Å². The van der Waals surface area contributed by atoms with E-state index in [0.717, 1.165) is 5.75 Å². The number of sulfonamides is 1. The van der Waals surface area contributed by atoms with Gasteiger partial charge < -0.3 is 23.4 Å². The van der Waals surface area contributed by atoms with E-state index in [4.69, 9.17) is 23.4 Å². The molecule has 0 aliphatic carbocycles. The molecule has 0 unspecified atom stereocenters. The SMILES string of the molecule is COc1ccc(OCc2ccc(C=NNS(=O)(=O)c3ccc(OC)c(OC)c3)o2)cc1. The van der Waals surface area contributed by atoms with Gasteiger partial charge in [-0.25, -0.2) is 0 Å². The summed E-state index contributed by atoms with van der Waals surface area (Å²) in [5.41, 5.74) is 0. The van der Waals surface area contributed by atoms with E-state index in [0.29, 0.717) is 28.8 Å². The molecule has 9 nitrogen and oxygen atoms in total. The molecule has 3 aromatic rings. The molecule has 0 radical (unpaired) electrons. The van der Waals surface area contributed by atoms with E-state index in [1.807, 2.05) is 0 Å². The molecule has 10 heteroatoms. The minimum absolute atomic E-state index is 0.0182. The minimum Gasteiger partial charge on any atom is -0.497 e. The summed E-state index contributed by atoms with van der Waals surface area (Å²) >= 11 is 0. The normalized spacial score (nSPS) is 11.3. The third kappa shape index (κ3) is 5.70. The van der Waals surface area contributed by atoms with Crippen LogP contribution in [0.5, 0.6) is 23.0 Å². The Kier molecular flexibility index (Phi) is 7.03. The lowest BCUT2D eigenvalue weighted by molar-refractivity contribution is 0.269. The number of benzene rings is 2. The highest BCUT2D eigenvalue weighted by molar-refractivity contribution is 7.89. The maximum Gasteiger partial charge on any atom is 0.276 e. The van der Waals surface area contributed by atoms with Gasteiger partial charge in [0.2, 0.25) is 0 Å². The average molecular weight is 446 g/mol. The predicted octanol–water partition coefficient (Wildman–Crippen LogP) is 3.20. The molecule has 0 atom stereocenters. The van der Waals surface area contributed by atoms with Crippen LogP contribution in [0.3, 0.4) is 0 Å². The Hall–Kier alpha value is -3.66. The summed E-state index contributed by atoms with van der Waals surface area (Å²) in [5, 5.41) is 3.75. The number of nitrogens with one attached hydrogen (secondary N) is 1. The van der Waals surface area contributed by atoms with Gasteiger partial charge in [0.1, 0.15) is 29.6 Å². The molecular formula is C21H22N2O7S. The summed E-state index contributed by atoms with van der Waals surface area (Å²) in [6, 6.07) is 14.8. The van der Waals surface area contributed by atoms with Crippen LogP contribution < -0.4 is 23.8 Å². The number of ether oxygens (including phenoxy) is 4. The molecule has 0 aliphatic rings. The zero-order valence-electron chi connectivity index (χ0n) is 17.2. The Labute approximate surface area is 180 Å². The van der Waals surface area contributed by atoms with Crippen LogP contribution in [-0.4, -0.2) is 36.0 Å². The Morgan fingerprint density at radius 1 is 0.903 bits per heavy atom. The summed E-state index contributed by atoms with van der Waals surface area (Å²) in [4.78, 5) is 2.11. The van der Waals surface area contributed by atoms with Crippen LogP contribution in [0.15, 0.2) is 69.0 Å². The van der Waals surface area contributed by atoms with Crippen LogP contribution in [0.25, 0.3) is 0 Å². The van der Waals surface area contributed by atoms with E-state index in [9.17, 15) is 8.42 Å². The molecule has 2 aromatic carbocycles. The molecule has 0 bridgehead atoms. The van der Waals surface area contributed by atoms with Crippen LogP contribution in [0.1, 0.15) is 11.5 Å². The second-order valence-corrected chi connectivity index (χ2v) is 7.80. The number of furan rings is 1. The Morgan fingerprint density at radius 2 is 1.61 bits per heavy atom. The maximum atomic E-state index is 12.4. The van der Waals surface area contributed by atoms with Crippen LogP contribution in [0, 0.1) is 0 Å². The van der Waals surface area contributed by atoms with Crippen molar-refractivity contribution in [3.05, 3.63) is 66.1 Å². The molecular weight excluding hydrogens is 424 g/mol. The first-order valence-electron chi connectivity index (χ1n) is 9.07. The van der Waals surface area contributed by atoms with Gasteiger partial charge in [0.25, 0.3) is 10.0 Å². The molecule has 3 rings (SSSR count). The van der Waals surface area contributed by atoms with Gasteiger partial charge in [-0.15, -0.1) is 0 Å². The third-order valence-corrected chi connectivity index (χ3v) is 5.37. The van der Waals surface area contributed by atoms with Gasteiger partial charge in [-0.1, -0.05) is 0 Å². The standard InChI is InChI=1S/C21H22N2O7S/c1-26-15-4-6-16(7-5-15)29-14-18-9-8-17(30-18)13-22-23-31(24,25)19-10-11-20(27-2)21(12-19)28-3/h4-13,23H,14H2,1-3H3. The van der Waals surface area contributed by atoms with Crippen molar-refractivity contribution in [3.8, 4) is 23.0 Å². The number of hydrogen-bond acceptors (Lipinski definition) is 8. The monoisotopic (exact) mass is 446 g/mol. The first-order chi connectivity index (χ1) is 14.9. The second-order valence-electron chi connectivity index (χ2n) is 6.14. The molecule has 0 spiro atoms. The summed E-state index contributed by atoms with van der Waals surface area (Å²) < 4.78 is 51.4. The summed E-state index contributed by atoms with van der Waals surface area (Å²) in [7, 11) is 0.589. The van der Waals surface area contributed by atoms with Crippen LogP contribution in [0.4, 0.5) is 0 Å². The molecule has 0 saturated carbocycles. The van der Waals surface area contributed by atoms with Crippen molar-refractivity contribution < 1.29 is 31.8 Å². The molecule has 0 aliphatic heterocycles. The largest absolute Gasteiger partial charge is 0.497 e. The fraction of sp³-hybridized carbons (Fsp3) is 0.190. The highest BCUT2D eigenvalue weighted by atomic mass is 32.2. The zero-order valence-corrected chi connectivity index (χ0v) is 18.0. The van der Waals surface area contributed by atoms with Gasteiger partial charge in [-0.05, 0) is 48.5 Å². The van der Waals surface area contributed by atoms with Crippen molar-refractivity contribution in [2.45, 2.75) is 11.5 Å². The summed E-state index contributed by atoms with van der Waals surface area (Å²) in [6.07, 6.45) is 1.26. The molecule has 0 fully saturated rings. The number of methoxy groups -OCH3 is 3. The number of hydrazone groups is 1. The van der Waals surface area contributed by atoms with E-state index in [1.165, 1.54) is 38.6 Å². The van der Waals surface area contributed by atoms with Crippen molar-refractivity contribution in [2.24, 2.45) is 5.10 Å². The average Bonchev–Trinajstić information content (AvgIpc) is 3.25. The number of hydrogen-bond donors (Lipinski definition) is 1. The summed E-state index contributed by atoms with van der Waals surface area (Å²) in [6.45, 7) is 0.206. The summed E-state index contributed by atoms with van der Waals surface area (Å²) in [5.74, 6) is 3.03. The lowest BCUT2D eigenvalue weighted by atomic mass is 10.3. The lowest BCUT2D eigenvalue weighted by Gasteiger charge is -2.09. The van der Waals surface area contributed by atoms with Gasteiger partial charge in [-0.2, -0.15) is 18.4 Å².